The Balaban J connectivity index is 1.83. The summed E-state index contributed by atoms with van der Waals surface area (Å²) in [4.78, 5) is 26.4. The van der Waals surface area contributed by atoms with E-state index in [1.54, 1.807) is 41.3 Å². The van der Waals surface area contributed by atoms with Crippen molar-refractivity contribution in [1.82, 2.24) is 4.90 Å². The van der Waals surface area contributed by atoms with Crippen LogP contribution in [0.5, 0.6) is 0 Å². The molecule has 0 bridgehead atoms. The van der Waals surface area contributed by atoms with E-state index in [1.165, 1.54) is 19.2 Å². The summed E-state index contributed by atoms with van der Waals surface area (Å²) >= 11 is 0. The number of anilines is 1. The molecule has 2 aromatic rings. The van der Waals surface area contributed by atoms with E-state index < -0.39 is 10.0 Å². The van der Waals surface area contributed by atoms with Gasteiger partial charge in [0.2, 0.25) is 5.91 Å². The van der Waals surface area contributed by atoms with Gasteiger partial charge in [0.15, 0.2) is 0 Å². The van der Waals surface area contributed by atoms with E-state index in [-0.39, 0.29) is 29.2 Å². The number of piperidine rings is 1. The molecule has 0 saturated carbocycles. The zero-order valence-corrected chi connectivity index (χ0v) is 18.0. The van der Waals surface area contributed by atoms with Gasteiger partial charge in [-0.2, -0.15) is 0 Å². The molecule has 0 aromatic heterocycles. The van der Waals surface area contributed by atoms with Crippen molar-refractivity contribution >= 4 is 27.6 Å². The van der Waals surface area contributed by atoms with Crippen molar-refractivity contribution in [3.8, 4) is 0 Å². The van der Waals surface area contributed by atoms with E-state index in [1.807, 2.05) is 13.0 Å². The summed E-state index contributed by atoms with van der Waals surface area (Å²) in [5.41, 5.74) is 1.34. The molecular formula is C22H26N2O5S. The number of benzene rings is 2. The van der Waals surface area contributed by atoms with Crippen molar-refractivity contribution in [1.29, 1.82) is 0 Å². The van der Waals surface area contributed by atoms with Crippen LogP contribution in [-0.4, -0.2) is 51.9 Å². The number of hydrogen-bond acceptors (Lipinski definition) is 5. The van der Waals surface area contributed by atoms with Gasteiger partial charge in [-0.05, 0) is 49.6 Å². The average Bonchev–Trinajstić information content (AvgIpc) is 2.77. The van der Waals surface area contributed by atoms with Crippen LogP contribution in [0.2, 0.25) is 0 Å². The molecule has 1 fully saturated rings. The fraction of sp³-hybridized carbons (Fsp3) is 0.364. The number of carbonyl (C=O) groups is 2. The van der Waals surface area contributed by atoms with Crippen LogP contribution in [0, 0.1) is 12.8 Å². The van der Waals surface area contributed by atoms with Gasteiger partial charge in [0.1, 0.15) is 6.54 Å². The zero-order chi connectivity index (χ0) is 21.7. The Morgan fingerprint density at radius 2 is 1.73 bits per heavy atom. The summed E-state index contributed by atoms with van der Waals surface area (Å²) in [7, 11) is -2.57. The Kier molecular flexibility index (Phi) is 6.77. The highest BCUT2D eigenvalue weighted by molar-refractivity contribution is 7.92. The molecule has 3 rings (SSSR count). The van der Waals surface area contributed by atoms with Crippen molar-refractivity contribution in [3.05, 3.63) is 60.2 Å². The molecule has 1 saturated heterocycles. The zero-order valence-electron chi connectivity index (χ0n) is 17.2. The van der Waals surface area contributed by atoms with Gasteiger partial charge >= 0.3 is 5.97 Å². The number of aryl methyl sites for hydroxylation is 1. The first kappa shape index (κ1) is 21.8. The van der Waals surface area contributed by atoms with Crippen LogP contribution in [0.1, 0.15) is 18.4 Å². The number of esters is 1. The number of carbonyl (C=O) groups excluding carboxylic acids is 2. The average molecular weight is 431 g/mol. The molecule has 160 valence electrons. The van der Waals surface area contributed by atoms with Crippen molar-refractivity contribution in [2.45, 2.75) is 24.7 Å². The lowest BCUT2D eigenvalue weighted by Gasteiger charge is -2.33. The van der Waals surface area contributed by atoms with E-state index in [2.05, 4.69) is 0 Å². The molecular weight excluding hydrogens is 404 g/mol. The molecule has 0 atom stereocenters. The lowest BCUT2D eigenvalue weighted by Crippen LogP contribution is -2.46. The molecule has 1 amide bonds. The lowest BCUT2D eigenvalue weighted by atomic mass is 9.97. The Morgan fingerprint density at radius 3 is 2.33 bits per heavy atom. The largest absolute Gasteiger partial charge is 0.469 e. The topological polar surface area (TPSA) is 84.0 Å². The second-order valence-electron chi connectivity index (χ2n) is 7.34. The molecule has 0 aliphatic carbocycles. The maximum Gasteiger partial charge on any atom is 0.308 e. The van der Waals surface area contributed by atoms with Crippen LogP contribution in [-0.2, 0) is 24.3 Å². The van der Waals surface area contributed by atoms with Crippen molar-refractivity contribution in [3.63, 3.8) is 0 Å². The SMILES string of the molecule is COC(=O)C1CCN(C(=O)CN(c2cccc(C)c2)S(=O)(=O)c2ccccc2)CC1. The van der Waals surface area contributed by atoms with Crippen LogP contribution in [0.15, 0.2) is 59.5 Å². The van der Waals surface area contributed by atoms with Crippen molar-refractivity contribution in [2.24, 2.45) is 5.92 Å². The Labute approximate surface area is 177 Å². The minimum absolute atomic E-state index is 0.128. The molecule has 0 N–H and O–H groups in total. The first-order valence-corrected chi connectivity index (χ1v) is 11.3. The van der Waals surface area contributed by atoms with Crippen LogP contribution < -0.4 is 4.31 Å². The highest BCUT2D eigenvalue weighted by Gasteiger charge is 2.32. The van der Waals surface area contributed by atoms with Gasteiger partial charge in [0.05, 0.1) is 23.6 Å². The van der Waals surface area contributed by atoms with Crippen LogP contribution >= 0.6 is 0 Å². The van der Waals surface area contributed by atoms with Crippen molar-refractivity contribution in [2.75, 3.05) is 31.0 Å². The normalized spacial score (nSPS) is 14.9. The van der Waals surface area contributed by atoms with Crippen LogP contribution in [0.25, 0.3) is 0 Å². The van der Waals surface area contributed by atoms with E-state index in [0.717, 1.165) is 9.87 Å². The standard InChI is InChI=1S/C22H26N2O5S/c1-17-7-6-8-19(15-17)24(30(27,28)20-9-4-3-5-10-20)16-21(25)23-13-11-18(12-14-23)22(26)29-2/h3-10,15,18H,11-14,16H2,1-2H3. The number of hydrogen-bond donors (Lipinski definition) is 0. The molecule has 1 heterocycles. The first-order valence-electron chi connectivity index (χ1n) is 9.83. The summed E-state index contributed by atoms with van der Waals surface area (Å²) in [6, 6.07) is 15.2. The van der Waals surface area contributed by atoms with Crippen molar-refractivity contribution < 1.29 is 22.7 Å². The van der Waals surface area contributed by atoms with E-state index in [9.17, 15) is 18.0 Å². The fourth-order valence-corrected chi connectivity index (χ4v) is 5.00. The third-order valence-corrected chi connectivity index (χ3v) is 7.07. The third-order valence-electron chi connectivity index (χ3n) is 5.28. The van der Waals surface area contributed by atoms with E-state index in [0.29, 0.717) is 31.6 Å². The maximum atomic E-state index is 13.3. The molecule has 0 unspecified atom stereocenters. The molecule has 30 heavy (non-hydrogen) atoms. The number of ether oxygens (including phenoxy) is 1. The van der Waals surface area contributed by atoms with Gasteiger partial charge in [0, 0.05) is 13.1 Å². The van der Waals surface area contributed by atoms with Gasteiger partial charge in [-0.15, -0.1) is 0 Å². The second kappa shape index (κ2) is 9.30. The van der Waals surface area contributed by atoms with E-state index in [4.69, 9.17) is 4.74 Å². The fourth-order valence-electron chi connectivity index (χ4n) is 3.57. The number of likely N-dealkylation sites (tertiary alicyclic amines) is 1. The molecule has 0 radical (unpaired) electrons. The third kappa shape index (κ3) is 4.81. The Bertz CT molecular complexity index is 999. The summed E-state index contributed by atoms with van der Waals surface area (Å²) < 4.78 is 32.6. The maximum absolute atomic E-state index is 13.3. The lowest BCUT2D eigenvalue weighted by molar-refractivity contribution is -0.148. The minimum Gasteiger partial charge on any atom is -0.469 e. The quantitative estimate of drug-likeness (QED) is 0.658. The molecule has 1 aliphatic heterocycles. The first-order chi connectivity index (χ1) is 14.3. The number of rotatable bonds is 6. The Morgan fingerprint density at radius 1 is 1.07 bits per heavy atom. The summed E-state index contributed by atoms with van der Waals surface area (Å²) in [5.74, 6) is -0.783. The summed E-state index contributed by atoms with van der Waals surface area (Å²) in [6.07, 6.45) is 1.02. The van der Waals surface area contributed by atoms with Gasteiger partial charge in [-0.25, -0.2) is 8.42 Å². The molecule has 8 heteroatoms. The highest BCUT2D eigenvalue weighted by atomic mass is 32.2. The number of nitrogens with zero attached hydrogens (tertiary/aromatic N) is 2. The van der Waals surface area contributed by atoms with Crippen LogP contribution in [0.3, 0.4) is 0 Å². The number of sulfonamides is 1. The van der Waals surface area contributed by atoms with Gasteiger partial charge < -0.3 is 9.64 Å². The highest BCUT2D eigenvalue weighted by Crippen LogP contribution is 2.25. The van der Waals surface area contributed by atoms with E-state index >= 15 is 0 Å². The predicted octanol–water partition coefficient (Wildman–Crippen LogP) is 2.60. The molecule has 2 aromatic carbocycles. The van der Waals surface area contributed by atoms with Gasteiger partial charge in [-0.1, -0.05) is 30.3 Å². The Hall–Kier alpha value is -2.87. The molecule has 1 aliphatic rings. The smallest absolute Gasteiger partial charge is 0.308 e. The molecule has 7 nitrogen and oxygen atoms in total. The number of amides is 1. The summed E-state index contributed by atoms with van der Waals surface area (Å²) in [5, 5.41) is 0. The van der Waals surface area contributed by atoms with Gasteiger partial charge in [0.25, 0.3) is 10.0 Å². The monoisotopic (exact) mass is 430 g/mol. The minimum atomic E-state index is -3.92. The predicted molar refractivity (Wildman–Crippen MR) is 113 cm³/mol. The number of methoxy groups -OCH3 is 1. The van der Waals surface area contributed by atoms with Gasteiger partial charge in [-0.3, -0.25) is 13.9 Å². The second-order valence-corrected chi connectivity index (χ2v) is 9.20. The van der Waals surface area contributed by atoms with Crippen LogP contribution in [0.4, 0.5) is 5.69 Å². The molecule has 0 spiro atoms. The summed E-state index contributed by atoms with van der Waals surface area (Å²) in [6.45, 7) is 2.36.